The number of anilines is 1. The fraction of sp³-hybridized carbons (Fsp3) is 0.158. The van der Waals surface area contributed by atoms with E-state index in [4.69, 9.17) is 0 Å². The first-order valence-electron chi connectivity index (χ1n) is 7.36. The largest absolute Gasteiger partial charge is 0.357 e. The Bertz CT molecular complexity index is 705. The van der Waals surface area contributed by atoms with Gasteiger partial charge in [-0.2, -0.15) is 0 Å². The first-order chi connectivity index (χ1) is 10.4. The molecular formula is C19H17NS. The highest BCUT2D eigenvalue weighted by Crippen LogP contribution is 2.42. The lowest BCUT2D eigenvalue weighted by Crippen LogP contribution is -2.09. The monoisotopic (exact) mass is 291 g/mol. The van der Waals surface area contributed by atoms with Crippen LogP contribution in [0.3, 0.4) is 0 Å². The van der Waals surface area contributed by atoms with Crippen LogP contribution in [-0.2, 0) is 0 Å². The Balaban J connectivity index is 1.76. The molecule has 0 aromatic heterocycles. The molecular weight excluding hydrogens is 274 g/mol. The maximum absolute atomic E-state index is 3.66. The number of benzene rings is 1. The van der Waals surface area contributed by atoms with Gasteiger partial charge >= 0.3 is 0 Å². The van der Waals surface area contributed by atoms with E-state index in [0.717, 1.165) is 12.8 Å². The van der Waals surface area contributed by atoms with Crippen LogP contribution in [0.25, 0.3) is 0 Å². The molecule has 0 saturated carbocycles. The molecule has 1 unspecified atom stereocenters. The molecule has 1 N–H and O–H groups in total. The minimum atomic E-state index is 0.515. The summed E-state index contributed by atoms with van der Waals surface area (Å²) >= 11 is 1.98. The zero-order valence-electron chi connectivity index (χ0n) is 11.8. The maximum atomic E-state index is 3.66. The van der Waals surface area contributed by atoms with Gasteiger partial charge in [-0.15, -0.1) is 11.8 Å². The predicted octanol–water partition coefficient (Wildman–Crippen LogP) is 5.23. The normalized spacial score (nSPS) is 23.0. The van der Waals surface area contributed by atoms with Crippen molar-refractivity contribution in [2.24, 2.45) is 0 Å². The Hall–Kier alpha value is -1.93. The third kappa shape index (κ3) is 2.52. The van der Waals surface area contributed by atoms with E-state index in [-0.39, 0.29) is 0 Å². The van der Waals surface area contributed by atoms with Gasteiger partial charge in [-0.25, -0.2) is 0 Å². The fourth-order valence-corrected chi connectivity index (χ4v) is 4.23. The molecule has 1 nitrogen and oxygen atoms in total. The lowest BCUT2D eigenvalue weighted by atomic mass is 10.0. The van der Waals surface area contributed by atoms with Gasteiger partial charge in [0.05, 0.1) is 5.69 Å². The summed E-state index contributed by atoms with van der Waals surface area (Å²) in [6.07, 6.45) is 17.5. The van der Waals surface area contributed by atoms with Crippen molar-refractivity contribution in [2.75, 3.05) is 5.32 Å². The summed E-state index contributed by atoms with van der Waals surface area (Å²) in [4.78, 5) is 1.34. The molecule has 2 aliphatic carbocycles. The van der Waals surface area contributed by atoms with Gasteiger partial charge < -0.3 is 5.32 Å². The van der Waals surface area contributed by atoms with Crippen LogP contribution in [0.5, 0.6) is 0 Å². The van der Waals surface area contributed by atoms with E-state index in [9.17, 15) is 0 Å². The van der Waals surface area contributed by atoms with Gasteiger partial charge in [-0.05, 0) is 24.1 Å². The van der Waals surface area contributed by atoms with Gasteiger partial charge in [0, 0.05) is 22.3 Å². The van der Waals surface area contributed by atoms with Crippen molar-refractivity contribution >= 4 is 17.4 Å². The SMILES string of the molecule is C1=CCC(C2CC(=C3C=CC=C3)Nc3ccccc3S2)=C1. The lowest BCUT2D eigenvalue weighted by Gasteiger charge is -2.17. The van der Waals surface area contributed by atoms with Crippen molar-refractivity contribution in [3.8, 4) is 0 Å². The number of hydrogen-bond donors (Lipinski definition) is 1. The van der Waals surface area contributed by atoms with Crippen LogP contribution >= 0.6 is 11.8 Å². The second-order valence-electron chi connectivity index (χ2n) is 5.46. The standard InChI is InChI=1S/C19H17NS/c1-2-8-14(7-1)17-13-19(15-9-3-4-10-15)21-18-12-6-5-11-16(18)20-17/h1-9,11-12,19-20H,10,13H2. The molecule has 1 atom stereocenters. The van der Waals surface area contributed by atoms with Crippen LogP contribution < -0.4 is 5.32 Å². The van der Waals surface area contributed by atoms with Gasteiger partial charge in [0.15, 0.2) is 0 Å². The van der Waals surface area contributed by atoms with Gasteiger partial charge in [-0.3, -0.25) is 0 Å². The van der Waals surface area contributed by atoms with Crippen LogP contribution in [0, 0.1) is 0 Å². The molecule has 2 heteroatoms. The number of fused-ring (bicyclic) bond motifs is 1. The van der Waals surface area contributed by atoms with Gasteiger partial charge in [-0.1, -0.05) is 60.2 Å². The molecule has 1 aromatic carbocycles. The quantitative estimate of drug-likeness (QED) is 0.760. The Morgan fingerprint density at radius 2 is 1.90 bits per heavy atom. The fourth-order valence-electron chi connectivity index (χ4n) is 2.94. The molecule has 0 spiro atoms. The summed E-state index contributed by atoms with van der Waals surface area (Å²) in [5.74, 6) is 0. The molecule has 0 amide bonds. The Morgan fingerprint density at radius 1 is 1.05 bits per heavy atom. The van der Waals surface area contributed by atoms with E-state index in [1.54, 1.807) is 0 Å². The molecule has 21 heavy (non-hydrogen) atoms. The van der Waals surface area contributed by atoms with Crippen molar-refractivity contribution in [1.29, 1.82) is 0 Å². The zero-order valence-corrected chi connectivity index (χ0v) is 12.6. The van der Waals surface area contributed by atoms with Gasteiger partial charge in [0.25, 0.3) is 0 Å². The summed E-state index contributed by atoms with van der Waals surface area (Å²) in [6.45, 7) is 0. The van der Waals surface area contributed by atoms with Crippen molar-refractivity contribution in [2.45, 2.75) is 23.0 Å². The van der Waals surface area contributed by atoms with Gasteiger partial charge in [0.2, 0.25) is 0 Å². The third-order valence-corrected chi connectivity index (χ3v) is 5.42. The second kappa shape index (κ2) is 5.45. The second-order valence-corrected chi connectivity index (χ2v) is 6.70. The number of hydrogen-bond acceptors (Lipinski definition) is 2. The number of rotatable bonds is 1. The smallest absolute Gasteiger partial charge is 0.0520 e. The van der Waals surface area contributed by atoms with E-state index in [1.165, 1.54) is 27.4 Å². The first kappa shape index (κ1) is 12.8. The summed E-state index contributed by atoms with van der Waals surface area (Å²) in [7, 11) is 0. The molecule has 0 bridgehead atoms. The minimum Gasteiger partial charge on any atom is -0.357 e. The molecule has 1 aliphatic heterocycles. The Kier molecular flexibility index (Phi) is 3.32. The number of allylic oxidation sites excluding steroid dienone is 9. The highest BCUT2D eigenvalue weighted by atomic mass is 32.2. The van der Waals surface area contributed by atoms with E-state index < -0.39 is 0 Å². The number of nitrogens with one attached hydrogen (secondary N) is 1. The van der Waals surface area contributed by atoms with Crippen LogP contribution in [0.2, 0.25) is 0 Å². The van der Waals surface area contributed by atoms with Crippen molar-refractivity contribution in [1.82, 2.24) is 0 Å². The summed E-state index contributed by atoms with van der Waals surface area (Å²) in [5.41, 5.74) is 5.40. The molecule has 0 fully saturated rings. The van der Waals surface area contributed by atoms with Gasteiger partial charge in [0.1, 0.15) is 0 Å². The maximum Gasteiger partial charge on any atom is 0.0520 e. The predicted molar refractivity (Wildman–Crippen MR) is 91.5 cm³/mol. The zero-order chi connectivity index (χ0) is 14.1. The topological polar surface area (TPSA) is 12.0 Å². The highest BCUT2D eigenvalue weighted by molar-refractivity contribution is 8.00. The molecule has 4 rings (SSSR count). The summed E-state index contributed by atoms with van der Waals surface area (Å²) < 4.78 is 0. The van der Waals surface area contributed by atoms with Crippen LogP contribution in [-0.4, -0.2) is 5.25 Å². The molecule has 0 radical (unpaired) electrons. The highest BCUT2D eigenvalue weighted by Gasteiger charge is 2.24. The molecule has 3 aliphatic rings. The van der Waals surface area contributed by atoms with E-state index in [0.29, 0.717) is 5.25 Å². The van der Waals surface area contributed by atoms with Crippen molar-refractivity contribution in [3.63, 3.8) is 0 Å². The van der Waals surface area contributed by atoms with E-state index in [2.05, 4.69) is 72.1 Å². The summed E-state index contributed by atoms with van der Waals surface area (Å²) in [5, 5.41) is 4.18. The lowest BCUT2D eigenvalue weighted by molar-refractivity contribution is 0.929. The van der Waals surface area contributed by atoms with E-state index >= 15 is 0 Å². The number of thioether (sulfide) groups is 1. The van der Waals surface area contributed by atoms with E-state index in [1.807, 2.05) is 11.8 Å². The Morgan fingerprint density at radius 3 is 2.71 bits per heavy atom. The molecule has 104 valence electrons. The molecule has 1 aromatic rings. The third-order valence-electron chi connectivity index (χ3n) is 4.06. The Labute approximate surface area is 129 Å². The van der Waals surface area contributed by atoms with Crippen LogP contribution in [0.4, 0.5) is 5.69 Å². The molecule has 1 heterocycles. The van der Waals surface area contributed by atoms with Crippen molar-refractivity contribution < 1.29 is 0 Å². The summed E-state index contributed by atoms with van der Waals surface area (Å²) in [6, 6.07) is 8.62. The minimum absolute atomic E-state index is 0.515. The van der Waals surface area contributed by atoms with Crippen LogP contribution in [0.1, 0.15) is 12.8 Å². The van der Waals surface area contributed by atoms with Crippen LogP contribution in [0.15, 0.2) is 88.5 Å². The number of para-hydroxylation sites is 1. The first-order valence-corrected chi connectivity index (χ1v) is 8.24. The average Bonchev–Trinajstić information content (AvgIpc) is 3.17. The average molecular weight is 291 g/mol. The van der Waals surface area contributed by atoms with Crippen molar-refractivity contribution in [3.05, 3.63) is 83.6 Å². The molecule has 0 saturated heterocycles.